The van der Waals surface area contributed by atoms with Crippen molar-refractivity contribution in [2.24, 2.45) is 10.9 Å². The Morgan fingerprint density at radius 1 is 1.31 bits per heavy atom. The molecule has 14 heteroatoms. The second kappa shape index (κ2) is 10.8. The van der Waals surface area contributed by atoms with E-state index in [-0.39, 0.29) is 24.9 Å². The molecule has 1 N–H and O–H groups in total. The number of carbonyl (C=O) groups is 1. The van der Waals surface area contributed by atoms with Crippen LogP contribution in [0.3, 0.4) is 0 Å². The van der Waals surface area contributed by atoms with Gasteiger partial charge in [-0.15, -0.1) is 10.2 Å². The number of aromatic nitrogens is 7. The molecule has 0 radical (unpaired) electrons. The average molecular weight is 510 g/mol. The molecule has 3 rings (SSSR count). The lowest BCUT2D eigenvalue weighted by Gasteiger charge is -2.14. The summed E-state index contributed by atoms with van der Waals surface area (Å²) in [5.74, 6) is -1.35. The first-order valence-electron chi connectivity index (χ1n) is 10.5. The number of tetrazole rings is 1. The van der Waals surface area contributed by atoms with E-state index in [1.807, 2.05) is 13.8 Å². The fraction of sp³-hybridized carbons (Fsp3) is 0.381. The lowest BCUT2D eigenvalue weighted by Crippen LogP contribution is -2.27. The average Bonchev–Trinajstić information content (AvgIpc) is 3.43. The standard InChI is InChI=1S/C21H23ClF3N9O/c1-5-15(19(35)26-4)17(12(2)3)28-10-14-9-13(11-33-31-20(29-32-33)21(23,24)25)30-34(14)18-16(22)7-6-8-27-18/h5-9,12H,10-11H2,1-4H3,(H,26,35)/b15-5+,28-17?. The van der Waals surface area contributed by atoms with E-state index >= 15 is 0 Å². The van der Waals surface area contributed by atoms with Gasteiger partial charge in [0.25, 0.3) is 11.7 Å². The summed E-state index contributed by atoms with van der Waals surface area (Å²) in [4.78, 5) is 22.0. The molecular weight excluding hydrogens is 487 g/mol. The summed E-state index contributed by atoms with van der Waals surface area (Å²) in [6.07, 6.45) is -1.49. The Hall–Kier alpha value is -3.61. The fourth-order valence-corrected chi connectivity index (χ4v) is 3.43. The van der Waals surface area contributed by atoms with Crippen LogP contribution >= 0.6 is 11.6 Å². The van der Waals surface area contributed by atoms with Gasteiger partial charge in [-0.25, -0.2) is 9.67 Å². The molecule has 0 aliphatic heterocycles. The van der Waals surface area contributed by atoms with Crippen LogP contribution < -0.4 is 5.32 Å². The van der Waals surface area contributed by atoms with Crippen LogP contribution in [0.4, 0.5) is 13.2 Å². The number of likely N-dealkylation sites (N-methyl/N-ethyl adjacent to an activating group) is 1. The van der Waals surface area contributed by atoms with Crippen LogP contribution in [-0.4, -0.2) is 53.6 Å². The molecule has 0 aliphatic carbocycles. The maximum Gasteiger partial charge on any atom is 0.455 e. The highest BCUT2D eigenvalue weighted by atomic mass is 35.5. The Kier molecular flexibility index (Phi) is 7.99. The van der Waals surface area contributed by atoms with Gasteiger partial charge in [0.05, 0.1) is 34.2 Å². The Morgan fingerprint density at radius 2 is 2.06 bits per heavy atom. The summed E-state index contributed by atoms with van der Waals surface area (Å²) in [6.45, 7) is 5.50. The largest absolute Gasteiger partial charge is 0.455 e. The van der Waals surface area contributed by atoms with Crippen molar-refractivity contribution in [3.8, 4) is 5.82 Å². The van der Waals surface area contributed by atoms with Gasteiger partial charge >= 0.3 is 6.18 Å². The summed E-state index contributed by atoms with van der Waals surface area (Å²) in [6, 6.07) is 4.93. The summed E-state index contributed by atoms with van der Waals surface area (Å²) < 4.78 is 39.9. The predicted molar refractivity (Wildman–Crippen MR) is 122 cm³/mol. The monoisotopic (exact) mass is 509 g/mol. The van der Waals surface area contributed by atoms with Gasteiger partial charge in [-0.1, -0.05) is 31.5 Å². The van der Waals surface area contributed by atoms with Crippen molar-refractivity contribution < 1.29 is 18.0 Å². The van der Waals surface area contributed by atoms with Gasteiger partial charge in [-0.05, 0) is 36.3 Å². The Labute approximate surface area is 203 Å². The van der Waals surface area contributed by atoms with Crippen molar-refractivity contribution in [1.29, 1.82) is 0 Å². The van der Waals surface area contributed by atoms with E-state index in [9.17, 15) is 18.0 Å². The maximum absolute atomic E-state index is 12.8. The molecule has 0 aliphatic rings. The van der Waals surface area contributed by atoms with Gasteiger partial charge < -0.3 is 5.32 Å². The minimum absolute atomic E-state index is 0.0621. The van der Waals surface area contributed by atoms with E-state index in [4.69, 9.17) is 11.6 Å². The zero-order valence-electron chi connectivity index (χ0n) is 19.4. The molecule has 0 aromatic carbocycles. The SMILES string of the molecule is C/C=C(/C(=O)NC)C(=NCc1cc(Cn2nnc(C(F)(F)F)n2)nn1-c1ncccc1Cl)C(C)C. The van der Waals surface area contributed by atoms with Gasteiger partial charge in [0.15, 0.2) is 5.82 Å². The van der Waals surface area contributed by atoms with Crippen molar-refractivity contribution in [2.45, 2.75) is 40.0 Å². The molecule has 0 unspecified atom stereocenters. The molecule has 35 heavy (non-hydrogen) atoms. The number of carbonyl (C=O) groups excluding carboxylic acids is 1. The molecule has 0 saturated carbocycles. The summed E-state index contributed by atoms with van der Waals surface area (Å²) in [7, 11) is 1.54. The van der Waals surface area contributed by atoms with Crippen molar-refractivity contribution in [2.75, 3.05) is 7.05 Å². The van der Waals surface area contributed by atoms with Gasteiger partial charge in [0.2, 0.25) is 0 Å². The third-order valence-corrected chi connectivity index (χ3v) is 5.07. The molecule has 3 aromatic heterocycles. The third kappa shape index (κ3) is 6.10. The zero-order valence-corrected chi connectivity index (χ0v) is 20.1. The van der Waals surface area contributed by atoms with Crippen LogP contribution in [0.15, 0.2) is 41.0 Å². The van der Waals surface area contributed by atoms with E-state index in [0.717, 1.165) is 4.80 Å². The van der Waals surface area contributed by atoms with E-state index in [1.54, 1.807) is 31.2 Å². The van der Waals surface area contributed by atoms with Crippen molar-refractivity contribution in [3.05, 3.63) is 58.3 Å². The summed E-state index contributed by atoms with van der Waals surface area (Å²) >= 11 is 6.31. The number of amides is 1. The Morgan fingerprint density at radius 3 is 2.63 bits per heavy atom. The van der Waals surface area contributed by atoms with Gasteiger partial charge in [0.1, 0.15) is 6.54 Å². The number of pyridine rings is 1. The first-order chi connectivity index (χ1) is 16.5. The first-order valence-corrected chi connectivity index (χ1v) is 10.9. The van der Waals surface area contributed by atoms with Crippen LogP contribution in [0.5, 0.6) is 0 Å². The van der Waals surface area contributed by atoms with Gasteiger partial charge in [-0.3, -0.25) is 9.79 Å². The van der Waals surface area contributed by atoms with Crippen molar-refractivity contribution in [1.82, 2.24) is 40.3 Å². The molecule has 1 amide bonds. The number of allylic oxidation sites excluding steroid dienone is 1. The van der Waals surface area contributed by atoms with E-state index < -0.39 is 12.0 Å². The zero-order chi connectivity index (χ0) is 25.8. The topological polar surface area (TPSA) is 116 Å². The highest BCUT2D eigenvalue weighted by molar-refractivity contribution is 6.32. The molecule has 0 saturated heterocycles. The van der Waals surface area contributed by atoms with Crippen LogP contribution in [-0.2, 0) is 24.1 Å². The van der Waals surface area contributed by atoms with E-state index in [1.165, 1.54) is 17.9 Å². The molecule has 0 bridgehead atoms. The number of nitrogens with zero attached hydrogens (tertiary/aromatic N) is 8. The van der Waals surface area contributed by atoms with E-state index in [2.05, 4.69) is 35.8 Å². The second-order valence-electron chi connectivity index (χ2n) is 7.63. The molecule has 3 aromatic rings. The molecule has 0 atom stereocenters. The molecule has 10 nitrogen and oxygen atoms in total. The third-order valence-electron chi connectivity index (χ3n) is 4.78. The number of alkyl halides is 3. The summed E-state index contributed by atoms with van der Waals surface area (Å²) in [5, 5.41) is 17.2. The molecule has 0 spiro atoms. The van der Waals surface area contributed by atoms with Gasteiger partial charge in [0, 0.05) is 13.2 Å². The molecule has 3 heterocycles. The fourth-order valence-electron chi connectivity index (χ4n) is 3.22. The smallest absolute Gasteiger partial charge is 0.355 e. The lowest BCUT2D eigenvalue weighted by molar-refractivity contribution is -0.145. The number of aliphatic imine (C=N–C) groups is 1. The summed E-state index contributed by atoms with van der Waals surface area (Å²) in [5.41, 5.74) is 1.91. The number of hydrogen-bond acceptors (Lipinski definition) is 7. The van der Waals surface area contributed by atoms with Crippen LogP contribution in [0.2, 0.25) is 5.02 Å². The number of hydrogen-bond donors (Lipinski definition) is 1. The number of nitrogens with one attached hydrogen (secondary N) is 1. The highest BCUT2D eigenvalue weighted by Gasteiger charge is 2.36. The van der Waals surface area contributed by atoms with E-state index in [0.29, 0.717) is 33.5 Å². The first kappa shape index (κ1) is 26.0. The lowest BCUT2D eigenvalue weighted by atomic mass is 9.99. The second-order valence-corrected chi connectivity index (χ2v) is 8.03. The van der Waals surface area contributed by atoms with Crippen LogP contribution in [0, 0.1) is 5.92 Å². The Bertz CT molecular complexity index is 1260. The van der Waals surface area contributed by atoms with Crippen LogP contribution in [0.25, 0.3) is 5.82 Å². The van der Waals surface area contributed by atoms with Crippen LogP contribution in [0.1, 0.15) is 38.0 Å². The molecule has 0 fully saturated rings. The minimum atomic E-state index is -4.71. The quantitative estimate of drug-likeness (QED) is 0.368. The number of halogens is 4. The number of rotatable bonds is 8. The molecular formula is C21H23ClF3N9O. The Balaban J connectivity index is 2.01. The molecule has 186 valence electrons. The maximum atomic E-state index is 12.8. The normalized spacial score (nSPS) is 12.9. The minimum Gasteiger partial charge on any atom is -0.355 e. The van der Waals surface area contributed by atoms with Crippen molar-refractivity contribution >= 4 is 23.2 Å². The van der Waals surface area contributed by atoms with Gasteiger partial charge in [-0.2, -0.15) is 23.1 Å². The highest BCUT2D eigenvalue weighted by Crippen LogP contribution is 2.25. The predicted octanol–water partition coefficient (Wildman–Crippen LogP) is 3.26. The van der Waals surface area contributed by atoms with Crippen molar-refractivity contribution in [3.63, 3.8) is 0 Å².